The van der Waals surface area contributed by atoms with E-state index >= 15 is 4.39 Å². The van der Waals surface area contributed by atoms with Crippen LogP contribution in [-0.4, -0.2) is 104 Å². The molecule has 3 N–H and O–H groups in total. The number of nitrogens with zero attached hydrogens (tertiary/aromatic N) is 8. The van der Waals surface area contributed by atoms with Crippen molar-refractivity contribution in [1.29, 1.82) is 0 Å². The Bertz CT molecular complexity index is 1850. The van der Waals surface area contributed by atoms with E-state index in [1.165, 1.54) is 36.4 Å². The van der Waals surface area contributed by atoms with Gasteiger partial charge in [-0.05, 0) is 24.6 Å². The minimum absolute atomic E-state index is 0.0419. The Morgan fingerprint density at radius 1 is 1.23 bits per heavy atom. The number of rotatable bonds is 8. The van der Waals surface area contributed by atoms with Gasteiger partial charge in [-0.1, -0.05) is 0 Å². The number of alkyl halides is 3. The molecule has 6 heterocycles. The minimum atomic E-state index is -4.09. The van der Waals surface area contributed by atoms with Crippen LogP contribution >= 0.6 is 0 Å². The zero-order valence-corrected chi connectivity index (χ0v) is 24.7. The van der Waals surface area contributed by atoms with Crippen LogP contribution in [0.25, 0.3) is 16.8 Å². The highest BCUT2D eigenvalue weighted by atomic mass is 32.2. The van der Waals surface area contributed by atoms with E-state index in [9.17, 15) is 22.0 Å². The molecule has 18 heteroatoms. The number of carbonyl (C=O) groups excluding carboxylic acids is 1. The van der Waals surface area contributed by atoms with Gasteiger partial charge in [0.15, 0.2) is 10.8 Å². The summed E-state index contributed by atoms with van der Waals surface area (Å²) >= 11 is 0. The third-order valence-electron chi connectivity index (χ3n) is 7.77. The first-order chi connectivity index (χ1) is 20.8. The molecule has 234 valence electrons. The maximum atomic E-state index is 15.1. The summed E-state index contributed by atoms with van der Waals surface area (Å²) in [4.78, 5) is 27.3. The number of aryl methyl sites for hydroxylation is 2. The Morgan fingerprint density at radius 3 is 2.64 bits per heavy atom. The van der Waals surface area contributed by atoms with E-state index in [1.807, 2.05) is 0 Å². The van der Waals surface area contributed by atoms with Crippen molar-refractivity contribution in [2.75, 3.05) is 39.0 Å². The average Bonchev–Trinajstić information content (AvgIpc) is 3.63. The van der Waals surface area contributed by atoms with Crippen molar-refractivity contribution in [3.8, 4) is 17.1 Å². The van der Waals surface area contributed by atoms with Crippen molar-refractivity contribution in [2.24, 2.45) is 7.05 Å². The number of likely N-dealkylation sites (tertiary alicyclic amines) is 1. The maximum Gasteiger partial charge on any atom is 0.272 e. The monoisotopic (exact) mass is 634 g/mol. The van der Waals surface area contributed by atoms with E-state index in [1.54, 1.807) is 29.5 Å². The molecule has 2 aliphatic rings. The van der Waals surface area contributed by atoms with Gasteiger partial charge in [-0.15, -0.1) is 0 Å². The SMILES string of the molecule is COc1ncc(-c2cc(CN3CC(F)(F)C3)c3c(N)ncnn23)cc1C(=O)N[C@@H]1CN(S(=O)(=O)c2cn(C)c(C)n2)C[C@@H]1F. The molecular weight excluding hydrogens is 605 g/mol. The quantitative estimate of drug-likeness (QED) is 0.286. The van der Waals surface area contributed by atoms with Gasteiger partial charge < -0.3 is 20.4 Å². The lowest BCUT2D eigenvalue weighted by molar-refractivity contribution is -0.133. The van der Waals surface area contributed by atoms with Crippen molar-refractivity contribution in [3.05, 3.63) is 47.8 Å². The zero-order chi connectivity index (χ0) is 31.6. The number of nitrogen functional groups attached to an aromatic ring is 1. The Morgan fingerprint density at radius 2 is 1.98 bits per heavy atom. The molecule has 0 radical (unpaired) electrons. The lowest BCUT2D eigenvalue weighted by atomic mass is 10.1. The predicted molar refractivity (Wildman–Crippen MR) is 150 cm³/mol. The first kappa shape index (κ1) is 29.8. The molecule has 2 atom stereocenters. The van der Waals surface area contributed by atoms with Crippen LogP contribution in [0.4, 0.5) is 19.0 Å². The van der Waals surface area contributed by atoms with E-state index in [0.717, 1.165) is 4.31 Å². The maximum absolute atomic E-state index is 15.1. The number of methoxy groups -OCH3 is 1. The van der Waals surface area contributed by atoms with Crippen molar-refractivity contribution in [3.63, 3.8) is 0 Å². The molecular formula is C26H29F3N10O4S. The number of amides is 1. The topological polar surface area (TPSA) is 166 Å². The second kappa shape index (κ2) is 10.7. The van der Waals surface area contributed by atoms with Crippen LogP contribution in [0.1, 0.15) is 21.7 Å². The number of hydrogen-bond donors (Lipinski definition) is 2. The summed E-state index contributed by atoms with van der Waals surface area (Å²) < 4.78 is 77.5. The predicted octanol–water partition coefficient (Wildman–Crippen LogP) is 1.02. The Labute approximate surface area is 249 Å². The number of aromatic nitrogens is 6. The smallest absolute Gasteiger partial charge is 0.272 e. The molecule has 0 aliphatic carbocycles. The highest BCUT2D eigenvalue weighted by molar-refractivity contribution is 7.89. The fraction of sp³-hybridized carbons (Fsp3) is 0.423. The van der Waals surface area contributed by atoms with Gasteiger partial charge in [-0.3, -0.25) is 9.69 Å². The summed E-state index contributed by atoms with van der Waals surface area (Å²) in [5.74, 6) is -2.92. The lowest BCUT2D eigenvalue weighted by Crippen LogP contribution is -2.55. The number of carbonyl (C=O) groups is 1. The molecule has 6 rings (SSSR count). The van der Waals surface area contributed by atoms with E-state index in [0.29, 0.717) is 28.2 Å². The number of pyridine rings is 1. The van der Waals surface area contributed by atoms with Crippen molar-refractivity contribution in [2.45, 2.75) is 36.6 Å². The largest absolute Gasteiger partial charge is 0.480 e. The minimum Gasteiger partial charge on any atom is -0.480 e. The van der Waals surface area contributed by atoms with Gasteiger partial charge in [0.25, 0.3) is 21.9 Å². The van der Waals surface area contributed by atoms with Gasteiger partial charge in [-0.2, -0.15) is 9.40 Å². The number of fused-ring (bicyclic) bond motifs is 1. The standard InChI is InChI=1S/C26H29F3N10O4S/c1-14-34-21(10-36(14)2)44(41,42)38-8-18(27)19(9-38)35-24(40)17-4-15(6-31-25(17)43-3)20-5-16(7-37-11-26(28,29)12-37)22-23(30)32-13-33-39(20)22/h4-6,10,13,18-19H,7-9,11-12H2,1-3H3,(H,35,40)(H2,30,32,33)/t18-,19+/m0/s1. The first-order valence-corrected chi connectivity index (χ1v) is 14.9. The molecule has 2 aliphatic heterocycles. The number of hydrogen-bond acceptors (Lipinski definition) is 10. The van der Waals surface area contributed by atoms with Gasteiger partial charge in [-0.25, -0.2) is 41.1 Å². The first-order valence-electron chi connectivity index (χ1n) is 13.5. The number of nitrogens with two attached hydrogens (primary N) is 1. The molecule has 0 bridgehead atoms. The number of halogens is 3. The summed E-state index contributed by atoms with van der Waals surface area (Å²) in [5.41, 5.74) is 7.97. The van der Waals surface area contributed by atoms with Crippen molar-refractivity contribution >= 4 is 27.3 Å². The van der Waals surface area contributed by atoms with E-state index in [4.69, 9.17) is 10.5 Å². The number of nitrogens with one attached hydrogen (secondary N) is 1. The van der Waals surface area contributed by atoms with Gasteiger partial charge in [0.2, 0.25) is 5.88 Å². The van der Waals surface area contributed by atoms with Crippen LogP contribution in [0.5, 0.6) is 5.88 Å². The molecule has 0 spiro atoms. The van der Waals surface area contributed by atoms with Crippen molar-refractivity contribution < 1.29 is 31.1 Å². The second-order valence-corrected chi connectivity index (χ2v) is 12.8. The third-order valence-corrected chi connectivity index (χ3v) is 9.48. The molecule has 0 aromatic carbocycles. The summed E-state index contributed by atoms with van der Waals surface area (Å²) in [6, 6.07) is 2.02. The van der Waals surface area contributed by atoms with E-state index in [-0.39, 0.29) is 35.4 Å². The summed E-state index contributed by atoms with van der Waals surface area (Å²) in [7, 11) is -1.13. The molecule has 14 nitrogen and oxygen atoms in total. The molecule has 2 saturated heterocycles. The fourth-order valence-electron chi connectivity index (χ4n) is 5.44. The van der Waals surface area contributed by atoms with Crippen molar-refractivity contribution in [1.82, 2.24) is 43.7 Å². The van der Waals surface area contributed by atoms with Gasteiger partial charge in [0.1, 0.15) is 29.4 Å². The number of anilines is 1. The number of imidazole rings is 1. The number of ether oxygens (including phenoxy) is 1. The average molecular weight is 635 g/mol. The Balaban J connectivity index is 1.27. The van der Waals surface area contributed by atoms with E-state index in [2.05, 4.69) is 25.4 Å². The van der Waals surface area contributed by atoms with Crippen LogP contribution < -0.4 is 15.8 Å². The number of sulfonamides is 1. The van der Waals surface area contributed by atoms with Gasteiger partial charge in [0.05, 0.1) is 31.9 Å². The molecule has 2 fully saturated rings. The van der Waals surface area contributed by atoms with Crippen LogP contribution in [-0.2, 0) is 23.6 Å². The Kier molecular flexibility index (Phi) is 7.24. The molecule has 1 amide bonds. The van der Waals surface area contributed by atoms with Gasteiger partial charge in [0, 0.05) is 44.6 Å². The highest BCUT2D eigenvalue weighted by Gasteiger charge is 2.44. The van der Waals surface area contributed by atoms with Crippen LogP contribution in [0, 0.1) is 6.92 Å². The van der Waals surface area contributed by atoms with E-state index < -0.39 is 53.7 Å². The third kappa shape index (κ3) is 5.22. The summed E-state index contributed by atoms with van der Waals surface area (Å²) in [6.45, 7) is 0.272. The van der Waals surface area contributed by atoms with Crippen LogP contribution in [0.3, 0.4) is 0 Å². The normalized spacial score (nSPS) is 20.6. The summed E-state index contributed by atoms with van der Waals surface area (Å²) in [5, 5.41) is 6.64. The molecule has 0 saturated carbocycles. The molecule has 4 aromatic rings. The lowest BCUT2D eigenvalue weighted by Gasteiger charge is -2.38. The van der Waals surface area contributed by atoms with Crippen LogP contribution in [0.15, 0.2) is 35.9 Å². The van der Waals surface area contributed by atoms with Crippen LogP contribution in [0.2, 0.25) is 0 Å². The second-order valence-electron chi connectivity index (χ2n) is 10.9. The zero-order valence-electron chi connectivity index (χ0n) is 23.9. The molecule has 0 unspecified atom stereocenters. The molecule has 4 aromatic heterocycles. The Hall–Kier alpha value is -4.29. The fourth-order valence-corrected chi connectivity index (χ4v) is 6.94. The highest BCUT2D eigenvalue weighted by Crippen LogP contribution is 2.34. The van der Waals surface area contributed by atoms with Gasteiger partial charge >= 0.3 is 0 Å². The molecule has 44 heavy (non-hydrogen) atoms. The summed E-state index contributed by atoms with van der Waals surface area (Å²) in [6.07, 6.45) is 2.34.